The summed E-state index contributed by atoms with van der Waals surface area (Å²) in [5.41, 5.74) is 14.9. The smallest absolute Gasteiger partial charge is 0.321 e. The minimum absolute atomic E-state index is 0. The highest BCUT2D eigenvalue weighted by atomic mass is 35.5. The first-order chi connectivity index (χ1) is 11.8. The fraction of sp³-hybridized carbons (Fsp3) is 0.467. The summed E-state index contributed by atoms with van der Waals surface area (Å²) in [6, 6.07) is -0.816. The normalized spacial score (nSPS) is 11.1. The zero-order valence-corrected chi connectivity index (χ0v) is 17.1. The highest BCUT2D eigenvalue weighted by Crippen LogP contribution is 2.13. The van der Waals surface area contributed by atoms with Gasteiger partial charge in [0.25, 0.3) is 0 Å². The molecule has 0 aliphatic carbocycles. The first-order valence-corrected chi connectivity index (χ1v) is 9.05. The number of halogens is 1. The summed E-state index contributed by atoms with van der Waals surface area (Å²) in [7, 11) is 0. The van der Waals surface area contributed by atoms with Gasteiger partial charge in [-0.05, 0) is 6.92 Å². The van der Waals surface area contributed by atoms with Crippen molar-refractivity contribution in [2.75, 3.05) is 18.1 Å². The number of nitrogens with two attached hydrogens (primary N) is 2. The molecule has 0 aliphatic heterocycles. The third kappa shape index (κ3) is 7.42. The number of carbonyl (C=O) groups is 1. The third-order valence-electron chi connectivity index (χ3n) is 3.37. The lowest BCUT2D eigenvalue weighted by atomic mass is 10.2. The molecule has 0 radical (unpaired) electrons. The molecule has 6 N–H and O–H groups in total. The van der Waals surface area contributed by atoms with Crippen molar-refractivity contribution in [3.8, 4) is 0 Å². The van der Waals surface area contributed by atoms with Crippen molar-refractivity contribution >= 4 is 35.8 Å². The Hall–Kier alpha value is -1.46. The number of hydrogen-bond donors (Lipinski definition) is 5. The second kappa shape index (κ2) is 12.0. The zero-order valence-electron chi connectivity index (χ0n) is 14.6. The number of thiazole rings is 1. The predicted molar refractivity (Wildman–Crippen MR) is 99.8 cm³/mol. The lowest BCUT2D eigenvalue weighted by molar-refractivity contribution is -0.689. The van der Waals surface area contributed by atoms with Crippen LogP contribution >= 0.6 is 24.0 Å². The predicted octanol–water partition coefficient (Wildman–Crippen LogP) is -3.06. The number of thiol groups is 1. The summed E-state index contributed by atoms with van der Waals surface area (Å²) in [4.78, 5) is 19.3. The fourth-order valence-corrected chi connectivity index (χ4v) is 2.99. The fourth-order valence-electron chi connectivity index (χ4n) is 1.84. The van der Waals surface area contributed by atoms with Crippen LogP contribution in [0.5, 0.6) is 0 Å². The van der Waals surface area contributed by atoms with Crippen LogP contribution in [0.15, 0.2) is 11.7 Å². The Morgan fingerprint density at radius 3 is 2.58 bits per heavy atom. The van der Waals surface area contributed by atoms with Gasteiger partial charge in [0.2, 0.25) is 5.51 Å². The topological polar surface area (TPSA) is 139 Å². The van der Waals surface area contributed by atoms with Gasteiger partial charge in [0.1, 0.15) is 17.7 Å². The van der Waals surface area contributed by atoms with Crippen molar-refractivity contribution in [1.29, 1.82) is 0 Å². The van der Waals surface area contributed by atoms with Crippen molar-refractivity contribution in [3.05, 3.63) is 33.7 Å². The number of carboxylic acids is 1. The van der Waals surface area contributed by atoms with E-state index in [0.717, 1.165) is 11.3 Å². The average Bonchev–Trinajstić information content (AvgIpc) is 2.91. The van der Waals surface area contributed by atoms with Gasteiger partial charge in [0.15, 0.2) is 12.2 Å². The highest BCUT2D eigenvalue weighted by Gasteiger charge is 2.17. The van der Waals surface area contributed by atoms with Crippen LogP contribution in [-0.2, 0) is 17.8 Å². The second-order valence-electron chi connectivity index (χ2n) is 5.29. The maximum absolute atomic E-state index is 9.76. The molecule has 2 aromatic rings. The lowest BCUT2D eigenvalue weighted by Crippen LogP contribution is -3.00. The number of anilines is 1. The average molecular weight is 422 g/mol. The quantitative estimate of drug-likeness (QED) is 0.246. The van der Waals surface area contributed by atoms with Crippen LogP contribution in [0.25, 0.3) is 0 Å². The summed E-state index contributed by atoms with van der Waals surface area (Å²) in [6.07, 6.45) is 2.47. The number of nitrogen functional groups attached to an aromatic ring is 1. The first kappa shape index (κ1) is 24.5. The molecule has 0 fully saturated rings. The molecule has 0 saturated carbocycles. The van der Waals surface area contributed by atoms with E-state index in [1.165, 1.54) is 4.88 Å². The number of aryl methyl sites for hydroxylation is 1. The summed E-state index contributed by atoms with van der Waals surface area (Å²) in [6.45, 7) is 4.71. The highest BCUT2D eigenvalue weighted by molar-refractivity contribution is 7.80. The van der Waals surface area contributed by atoms with E-state index < -0.39 is 12.0 Å². The summed E-state index contributed by atoms with van der Waals surface area (Å²) in [5.74, 6) is 0.401. The number of rotatable bonds is 6. The molecule has 1 unspecified atom stereocenters. The van der Waals surface area contributed by atoms with Gasteiger partial charge in [-0.2, -0.15) is 17.2 Å². The minimum atomic E-state index is -1.00. The first-order valence-electron chi connectivity index (χ1n) is 7.54. The molecule has 1 atom stereocenters. The van der Waals surface area contributed by atoms with Crippen LogP contribution in [0.2, 0.25) is 0 Å². The van der Waals surface area contributed by atoms with Gasteiger partial charge in [-0.25, -0.2) is 9.97 Å². The Bertz CT molecular complexity index is 715. The SMILES string of the molecule is Cc1ncc(C[n+]2csc(CCO)c2C)c(N)n1.NC(CS)C(=O)O.[Cl-]. The number of nitrogens with zero attached hydrogens (tertiary/aromatic N) is 3. The van der Waals surface area contributed by atoms with Crippen LogP contribution < -0.4 is 28.4 Å². The lowest BCUT2D eigenvalue weighted by Gasteiger charge is -2.01. The minimum Gasteiger partial charge on any atom is -1.00 e. The maximum Gasteiger partial charge on any atom is 0.321 e. The Morgan fingerprint density at radius 2 is 2.12 bits per heavy atom. The van der Waals surface area contributed by atoms with E-state index in [2.05, 4.69) is 27.2 Å². The molecule has 0 amide bonds. The number of hydrogen-bond acceptors (Lipinski definition) is 8. The molecule has 2 heterocycles. The van der Waals surface area contributed by atoms with E-state index in [1.54, 1.807) is 17.5 Å². The Balaban J connectivity index is 0.000000673. The number of aromatic nitrogens is 3. The molecule has 0 saturated heterocycles. The van der Waals surface area contributed by atoms with Gasteiger partial charge in [0.05, 0.1) is 10.4 Å². The monoisotopic (exact) mass is 421 g/mol. The van der Waals surface area contributed by atoms with Gasteiger partial charge in [-0.1, -0.05) is 11.3 Å². The van der Waals surface area contributed by atoms with Crippen molar-refractivity contribution in [2.45, 2.75) is 32.9 Å². The molecule has 11 heteroatoms. The number of aliphatic hydroxyl groups is 1. The number of carboxylic acid groups (broad SMARTS) is 1. The molecule has 26 heavy (non-hydrogen) atoms. The van der Waals surface area contributed by atoms with Crippen molar-refractivity contribution in [3.63, 3.8) is 0 Å². The van der Waals surface area contributed by atoms with E-state index in [4.69, 9.17) is 21.7 Å². The van der Waals surface area contributed by atoms with E-state index >= 15 is 0 Å². The molecular weight excluding hydrogens is 398 g/mol. The number of aliphatic hydroxyl groups excluding tert-OH is 1. The molecule has 0 spiro atoms. The summed E-state index contributed by atoms with van der Waals surface area (Å²) < 4.78 is 2.11. The van der Waals surface area contributed by atoms with Gasteiger partial charge in [-0.15, -0.1) is 0 Å². The van der Waals surface area contributed by atoms with E-state index in [9.17, 15) is 4.79 Å². The molecule has 2 aromatic heterocycles. The van der Waals surface area contributed by atoms with Gasteiger partial charge >= 0.3 is 5.97 Å². The Labute approximate surface area is 168 Å². The van der Waals surface area contributed by atoms with E-state index in [-0.39, 0.29) is 24.8 Å². The zero-order chi connectivity index (χ0) is 19.0. The Morgan fingerprint density at radius 1 is 1.46 bits per heavy atom. The summed E-state index contributed by atoms with van der Waals surface area (Å²) >= 11 is 5.30. The van der Waals surface area contributed by atoms with Crippen LogP contribution in [0.1, 0.15) is 22.0 Å². The van der Waals surface area contributed by atoms with Crippen molar-refractivity contribution < 1.29 is 32.0 Å². The third-order valence-corrected chi connectivity index (χ3v) is 4.91. The molecule has 0 aliphatic rings. The molecule has 146 valence electrons. The maximum atomic E-state index is 9.76. The number of aliphatic carboxylic acids is 1. The van der Waals surface area contributed by atoms with E-state index in [1.807, 2.05) is 19.4 Å². The van der Waals surface area contributed by atoms with Crippen LogP contribution in [-0.4, -0.2) is 44.6 Å². The summed E-state index contributed by atoms with van der Waals surface area (Å²) in [5, 5.41) is 17.0. The van der Waals surface area contributed by atoms with Crippen LogP contribution in [0.3, 0.4) is 0 Å². The molecule has 8 nitrogen and oxygen atoms in total. The van der Waals surface area contributed by atoms with Crippen molar-refractivity contribution in [2.24, 2.45) is 5.73 Å². The Kier molecular flexibility index (Phi) is 11.3. The molecule has 0 bridgehead atoms. The molecule has 2 rings (SSSR count). The second-order valence-corrected chi connectivity index (χ2v) is 6.59. The molecule has 0 aromatic carbocycles. The van der Waals surface area contributed by atoms with Crippen molar-refractivity contribution in [1.82, 2.24) is 9.97 Å². The van der Waals surface area contributed by atoms with E-state index in [0.29, 0.717) is 24.6 Å². The standard InChI is InChI=1S/C12H17N4OS.C3H7NO2S.ClH/c1-8-11(3-4-17)18-7-16(8)6-10-5-14-9(2)15-12(10)13;4-2(1-7)3(5)6;/h5,7,17H,3-4,6H2,1-2H3,(H2,13,14,15);2,7H,1,4H2,(H,5,6);1H/q+1;;/p-1. The molecular formula is C15H24ClN5O3S2. The largest absolute Gasteiger partial charge is 1.00 e. The van der Waals surface area contributed by atoms with Crippen LogP contribution in [0, 0.1) is 13.8 Å². The van der Waals surface area contributed by atoms with Gasteiger partial charge in [0, 0.05) is 31.9 Å². The van der Waals surface area contributed by atoms with Gasteiger partial charge in [-0.3, -0.25) is 4.79 Å². The van der Waals surface area contributed by atoms with Crippen LogP contribution in [0.4, 0.5) is 5.82 Å². The van der Waals surface area contributed by atoms with Gasteiger partial charge < -0.3 is 34.1 Å².